The summed E-state index contributed by atoms with van der Waals surface area (Å²) in [7, 11) is 0. The molecule has 0 saturated carbocycles. The molecule has 0 bridgehead atoms. The van der Waals surface area contributed by atoms with Crippen LogP contribution in [0, 0.1) is 0 Å². The third-order valence-electron chi connectivity index (χ3n) is 3.63. The van der Waals surface area contributed by atoms with Crippen LogP contribution in [0.4, 0.5) is 4.79 Å². The van der Waals surface area contributed by atoms with Gasteiger partial charge in [0.1, 0.15) is 6.61 Å². The van der Waals surface area contributed by atoms with Crippen LogP contribution in [0.1, 0.15) is 22.9 Å². The zero-order valence-corrected chi connectivity index (χ0v) is 11.7. The van der Waals surface area contributed by atoms with Crippen molar-refractivity contribution in [3.8, 4) is 0 Å². The summed E-state index contributed by atoms with van der Waals surface area (Å²) in [6.45, 7) is 0.398. The summed E-state index contributed by atoms with van der Waals surface area (Å²) in [6, 6.07) is 8.16. The fourth-order valence-corrected chi connectivity index (χ4v) is 2.54. The van der Waals surface area contributed by atoms with Crippen LogP contribution in [0.25, 0.3) is 0 Å². The Kier molecular flexibility index (Phi) is 3.78. The highest BCUT2D eigenvalue weighted by Crippen LogP contribution is 2.28. The molecule has 7 nitrogen and oxygen atoms in total. The Bertz CT molecular complexity index is 683. The number of aliphatic carboxylic acids is 1. The number of nitrogens with zero attached hydrogens (tertiary/aromatic N) is 2. The second-order valence-electron chi connectivity index (χ2n) is 5.03. The number of carboxylic acid groups (broad SMARTS) is 1. The van der Waals surface area contributed by atoms with Crippen LogP contribution < -0.4 is 0 Å². The van der Waals surface area contributed by atoms with E-state index in [1.807, 2.05) is 30.3 Å². The summed E-state index contributed by atoms with van der Waals surface area (Å²) in [6.07, 6.45) is 1.50. The van der Waals surface area contributed by atoms with Crippen molar-refractivity contribution in [2.45, 2.75) is 19.1 Å². The van der Waals surface area contributed by atoms with Crippen molar-refractivity contribution >= 4 is 12.1 Å². The van der Waals surface area contributed by atoms with Crippen LogP contribution in [-0.2, 0) is 22.6 Å². The van der Waals surface area contributed by atoms with Crippen molar-refractivity contribution in [3.63, 3.8) is 0 Å². The predicted octanol–water partition coefficient (Wildman–Crippen LogP) is 1.73. The minimum Gasteiger partial charge on any atom is -0.479 e. The van der Waals surface area contributed by atoms with E-state index in [0.717, 1.165) is 11.1 Å². The number of carboxylic acids is 1. The number of rotatable bonds is 3. The van der Waals surface area contributed by atoms with Gasteiger partial charge in [-0.05, 0) is 17.5 Å². The lowest BCUT2D eigenvalue weighted by Crippen LogP contribution is -2.43. The molecule has 2 aromatic rings. The molecule has 0 spiro atoms. The molecular weight excluding hydrogens is 286 g/mol. The molecule has 1 unspecified atom stereocenters. The molecule has 1 amide bonds. The zero-order chi connectivity index (χ0) is 15.5. The standard InChI is InChI=1S/C15H15N3O4/c19-14(20)13-12-11(8-16-17-12)6-7-18(13)15(21)22-9-10-4-2-1-3-5-10/h1-5,8,13H,6-7,9H2,(H,16,17)(H,19,20). The molecule has 0 radical (unpaired) electrons. The zero-order valence-electron chi connectivity index (χ0n) is 11.7. The van der Waals surface area contributed by atoms with Crippen LogP contribution >= 0.6 is 0 Å². The number of benzene rings is 1. The molecule has 1 aliphatic heterocycles. The number of H-pyrrole nitrogens is 1. The number of amides is 1. The summed E-state index contributed by atoms with van der Waals surface area (Å²) in [5.74, 6) is -1.11. The maximum absolute atomic E-state index is 12.2. The van der Waals surface area contributed by atoms with E-state index in [4.69, 9.17) is 4.74 Å². The van der Waals surface area contributed by atoms with E-state index in [0.29, 0.717) is 12.1 Å². The number of ether oxygens (including phenoxy) is 1. The second-order valence-corrected chi connectivity index (χ2v) is 5.03. The van der Waals surface area contributed by atoms with E-state index in [1.165, 1.54) is 4.90 Å². The maximum atomic E-state index is 12.2. The Morgan fingerprint density at radius 2 is 2.14 bits per heavy atom. The molecule has 22 heavy (non-hydrogen) atoms. The van der Waals surface area contributed by atoms with E-state index in [1.54, 1.807) is 6.20 Å². The van der Waals surface area contributed by atoms with Gasteiger partial charge in [-0.3, -0.25) is 10.00 Å². The Hall–Kier alpha value is -2.83. The quantitative estimate of drug-likeness (QED) is 0.900. The van der Waals surface area contributed by atoms with Gasteiger partial charge >= 0.3 is 12.1 Å². The number of carbonyl (C=O) groups excluding carboxylic acids is 1. The van der Waals surface area contributed by atoms with E-state index in [9.17, 15) is 14.7 Å². The predicted molar refractivity (Wildman–Crippen MR) is 76.0 cm³/mol. The molecule has 1 aromatic carbocycles. The van der Waals surface area contributed by atoms with Crippen LogP contribution in [0.5, 0.6) is 0 Å². The molecule has 1 aliphatic rings. The van der Waals surface area contributed by atoms with Gasteiger partial charge < -0.3 is 9.84 Å². The summed E-state index contributed by atoms with van der Waals surface area (Å²) >= 11 is 0. The first-order chi connectivity index (χ1) is 10.7. The Morgan fingerprint density at radius 3 is 2.86 bits per heavy atom. The molecule has 2 N–H and O–H groups in total. The van der Waals surface area contributed by atoms with Crippen LogP contribution in [0.3, 0.4) is 0 Å². The normalized spacial score (nSPS) is 16.9. The van der Waals surface area contributed by atoms with E-state index >= 15 is 0 Å². The van der Waals surface area contributed by atoms with Gasteiger partial charge in [0.05, 0.1) is 11.9 Å². The summed E-state index contributed by atoms with van der Waals surface area (Å²) in [5.41, 5.74) is 2.11. The van der Waals surface area contributed by atoms with Gasteiger partial charge in [-0.1, -0.05) is 30.3 Å². The molecule has 114 valence electrons. The molecule has 2 heterocycles. The fraction of sp³-hybridized carbons (Fsp3) is 0.267. The summed E-state index contributed by atoms with van der Waals surface area (Å²) < 4.78 is 5.23. The molecule has 1 aromatic heterocycles. The van der Waals surface area contributed by atoms with Gasteiger partial charge in [0.25, 0.3) is 0 Å². The Balaban J connectivity index is 1.73. The van der Waals surface area contributed by atoms with Crippen molar-refractivity contribution in [3.05, 3.63) is 53.3 Å². The fourth-order valence-electron chi connectivity index (χ4n) is 2.54. The van der Waals surface area contributed by atoms with Crippen molar-refractivity contribution < 1.29 is 19.4 Å². The lowest BCUT2D eigenvalue weighted by molar-refractivity contribution is -0.143. The van der Waals surface area contributed by atoms with Crippen LogP contribution in [-0.4, -0.2) is 38.8 Å². The number of hydrogen-bond acceptors (Lipinski definition) is 4. The van der Waals surface area contributed by atoms with E-state index in [-0.39, 0.29) is 13.2 Å². The van der Waals surface area contributed by atoms with Crippen molar-refractivity contribution in [1.29, 1.82) is 0 Å². The van der Waals surface area contributed by atoms with Crippen LogP contribution in [0.2, 0.25) is 0 Å². The lowest BCUT2D eigenvalue weighted by atomic mass is 10.0. The molecule has 7 heteroatoms. The minimum atomic E-state index is -1.11. The first-order valence-corrected chi connectivity index (χ1v) is 6.89. The summed E-state index contributed by atoms with van der Waals surface area (Å²) in [5, 5.41) is 15.9. The number of carbonyl (C=O) groups is 2. The molecule has 1 atom stereocenters. The van der Waals surface area contributed by atoms with Gasteiger partial charge in [-0.25, -0.2) is 9.59 Å². The molecule has 0 saturated heterocycles. The van der Waals surface area contributed by atoms with E-state index in [2.05, 4.69) is 10.2 Å². The first-order valence-electron chi connectivity index (χ1n) is 6.89. The van der Waals surface area contributed by atoms with Crippen LogP contribution in [0.15, 0.2) is 36.5 Å². The number of aromatic nitrogens is 2. The SMILES string of the molecule is O=C(O)C1c2[nH]ncc2CCN1C(=O)OCc1ccccc1. The van der Waals surface area contributed by atoms with Gasteiger partial charge in [0, 0.05) is 6.54 Å². The minimum absolute atomic E-state index is 0.109. The number of nitrogens with one attached hydrogen (secondary N) is 1. The highest BCUT2D eigenvalue weighted by molar-refractivity contribution is 5.82. The van der Waals surface area contributed by atoms with E-state index < -0.39 is 18.1 Å². The Labute approximate surface area is 126 Å². The Morgan fingerprint density at radius 1 is 1.36 bits per heavy atom. The third-order valence-corrected chi connectivity index (χ3v) is 3.63. The second kappa shape index (κ2) is 5.88. The lowest BCUT2D eigenvalue weighted by Gasteiger charge is -2.31. The van der Waals surface area contributed by atoms with Gasteiger partial charge in [-0.2, -0.15) is 5.10 Å². The number of fused-ring (bicyclic) bond motifs is 1. The topological polar surface area (TPSA) is 95.5 Å². The summed E-state index contributed by atoms with van der Waals surface area (Å²) in [4.78, 5) is 24.9. The number of hydrogen-bond donors (Lipinski definition) is 2. The average Bonchev–Trinajstić information content (AvgIpc) is 3.00. The van der Waals surface area contributed by atoms with Crippen molar-refractivity contribution in [2.75, 3.05) is 6.54 Å². The van der Waals surface area contributed by atoms with Gasteiger partial charge in [0.15, 0.2) is 6.04 Å². The molecular formula is C15H15N3O4. The highest BCUT2D eigenvalue weighted by Gasteiger charge is 2.38. The average molecular weight is 301 g/mol. The smallest absolute Gasteiger partial charge is 0.411 e. The van der Waals surface area contributed by atoms with Gasteiger partial charge in [-0.15, -0.1) is 0 Å². The van der Waals surface area contributed by atoms with Crippen molar-refractivity contribution in [1.82, 2.24) is 15.1 Å². The largest absolute Gasteiger partial charge is 0.479 e. The number of aromatic amines is 1. The first kappa shape index (κ1) is 14.1. The highest BCUT2D eigenvalue weighted by atomic mass is 16.6. The third kappa shape index (κ3) is 2.65. The monoisotopic (exact) mass is 301 g/mol. The van der Waals surface area contributed by atoms with Gasteiger partial charge in [0.2, 0.25) is 0 Å². The molecule has 0 fully saturated rings. The molecule has 3 rings (SSSR count). The van der Waals surface area contributed by atoms with Crippen molar-refractivity contribution in [2.24, 2.45) is 0 Å². The maximum Gasteiger partial charge on any atom is 0.411 e. The molecule has 0 aliphatic carbocycles.